The lowest BCUT2D eigenvalue weighted by Gasteiger charge is -2.41. The lowest BCUT2D eigenvalue weighted by atomic mass is 9.83. The Kier molecular flexibility index (Phi) is 6.15. The third-order valence-electron chi connectivity index (χ3n) is 4.23. The van der Waals surface area contributed by atoms with E-state index in [4.69, 9.17) is 21.3 Å². The van der Waals surface area contributed by atoms with E-state index in [-0.39, 0.29) is 23.0 Å². The highest BCUT2D eigenvalue weighted by Gasteiger charge is 2.45. The van der Waals surface area contributed by atoms with Gasteiger partial charge in [0.1, 0.15) is 6.10 Å². The summed E-state index contributed by atoms with van der Waals surface area (Å²) in [5, 5.41) is 2.49. The van der Waals surface area contributed by atoms with Crippen molar-refractivity contribution in [3.63, 3.8) is 0 Å². The summed E-state index contributed by atoms with van der Waals surface area (Å²) < 4.78 is 24.3. The van der Waals surface area contributed by atoms with Gasteiger partial charge in [-0.3, -0.25) is 29.8 Å². The summed E-state index contributed by atoms with van der Waals surface area (Å²) in [5.41, 5.74) is 5.93. The van der Waals surface area contributed by atoms with E-state index in [0.29, 0.717) is 5.56 Å². The van der Waals surface area contributed by atoms with Crippen molar-refractivity contribution in [1.82, 2.24) is 15.9 Å². The van der Waals surface area contributed by atoms with E-state index in [0.717, 1.165) is 5.56 Å². The number of carbonyl (C=O) groups excluding carboxylic acids is 1. The molecule has 1 fully saturated rings. The maximum Gasteiger partial charge on any atom is 0.435 e. The van der Waals surface area contributed by atoms with Gasteiger partial charge in [-0.1, -0.05) is 62.4 Å². The summed E-state index contributed by atoms with van der Waals surface area (Å²) in [7, 11) is -3.71. The molecule has 0 spiro atoms. The maximum atomic E-state index is 13.0. The van der Waals surface area contributed by atoms with Crippen LogP contribution in [0.2, 0.25) is 0 Å². The molecule has 28 heavy (non-hydrogen) atoms. The number of hydrogen-bond acceptors (Lipinski definition) is 5. The average molecular weight is 419 g/mol. The second kappa shape index (κ2) is 8.41. The van der Waals surface area contributed by atoms with Crippen LogP contribution in [0.1, 0.15) is 35.9 Å². The zero-order valence-corrected chi connectivity index (χ0v) is 17.3. The molecule has 1 aliphatic rings. The van der Waals surface area contributed by atoms with Gasteiger partial charge in [0.05, 0.1) is 6.61 Å². The molecule has 148 valence electrons. The van der Waals surface area contributed by atoms with Crippen molar-refractivity contribution < 1.29 is 18.4 Å². The van der Waals surface area contributed by atoms with Gasteiger partial charge in [0.15, 0.2) is 5.11 Å². The highest BCUT2D eigenvalue weighted by molar-refractivity contribution is 7.81. The van der Waals surface area contributed by atoms with Gasteiger partial charge in [-0.15, -0.1) is 0 Å². The smallest absolute Gasteiger partial charge is 0.292 e. The van der Waals surface area contributed by atoms with E-state index < -0.39 is 13.9 Å². The van der Waals surface area contributed by atoms with Gasteiger partial charge in [0, 0.05) is 11.0 Å². The van der Waals surface area contributed by atoms with Crippen molar-refractivity contribution in [1.29, 1.82) is 0 Å². The standard InChI is InChI=1S/C19H22N3O4PS/c1-19(2)13-25-27(24,26-16(19)14-9-5-3-6-10-14)22-18(28)21-20-17(23)15-11-7-4-8-12-15/h3-12,16H,13H2,1-2H3,(H,20,23)(H2,21,22,24,28)/t16-,27?/m0/s1. The molecule has 0 aromatic heterocycles. The van der Waals surface area contributed by atoms with Crippen molar-refractivity contribution >= 4 is 31.0 Å². The summed E-state index contributed by atoms with van der Waals surface area (Å²) in [4.78, 5) is 12.1. The van der Waals surface area contributed by atoms with Crippen LogP contribution in [0.15, 0.2) is 60.7 Å². The molecule has 0 aliphatic carbocycles. The molecule has 7 nitrogen and oxygen atoms in total. The quantitative estimate of drug-likeness (QED) is 0.397. The Hall–Kier alpha value is -2.25. The van der Waals surface area contributed by atoms with Crippen LogP contribution >= 0.6 is 20.0 Å². The van der Waals surface area contributed by atoms with Gasteiger partial charge in [-0.2, -0.15) is 0 Å². The molecule has 2 aromatic carbocycles. The van der Waals surface area contributed by atoms with Crippen LogP contribution in [0, 0.1) is 5.41 Å². The molecule has 1 unspecified atom stereocenters. The molecule has 0 saturated carbocycles. The Morgan fingerprint density at radius 3 is 2.32 bits per heavy atom. The van der Waals surface area contributed by atoms with Crippen molar-refractivity contribution in [2.75, 3.05) is 6.61 Å². The first-order valence-electron chi connectivity index (χ1n) is 8.71. The predicted molar refractivity (Wildman–Crippen MR) is 110 cm³/mol. The minimum absolute atomic E-state index is 0.0702. The summed E-state index contributed by atoms with van der Waals surface area (Å²) in [6.07, 6.45) is -0.442. The van der Waals surface area contributed by atoms with Crippen LogP contribution in [-0.2, 0) is 13.6 Å². The number of hydrogen-bond donors (Lipinski definition) is 3. The molecule has 9 heteroatoms. The molecular weight excluding hydrogens is 397 g/mol. The summed E-state index contributed by atoms with van der Waals surface area (Å²) in [6, 6.07) is 18.2. The van der Waals surface area contributed by atoms with Crippen molar-refractivity contribution in [2.45, 2.75) is 20.0 Å². The number of carbonyl (C=O) groups is 1. The Balaban J connectivity index is 1.62. The molecule has 0 bridgehead atoms. The molecule has 3 N–H and O–H groups in total. The summed E-state index contributed by atoms with van der Waals surface area (Å²) >= 11 is 5.12. The van der Waals surface area contributed by atoms with Gasteiger partial charge in [-0.05, 0) is 29.9 Å². The van der Waals surface area contributed by atoms with E-state index in [2.05, 4.69) is 15.9 Å². The molecule has 0 radical (unpaired) electrons. The first-order valence-corrected chi connectivity index (χ1v) is 10.7. The second-order valence-electron chi connectivity index (χ2n) is 7.04. The fourth-order valence-corrected chi connectivity index (χ4v) is 4.82. The Morgan fingerprint density at radius 1 is 1.07 bits per heavy atom. The van der Waals surface area contributed by atoms with Crippen molar-refractivity contribution in [3.8, 4) is 0 Å². The number of nitrogens with one attached hydrogen (secondary N) is 3. The van der Waals surface area contributed by atoms with Crippen molar-refractivity contribution in [2.24, 2.45) is 5.41 Å². The molecule has 1 aliphatic heterocycles. The fraction of sp³-hybridized carbons (Fsp3) is 0.263. The maximum absolute atomic E-state index is 13.0. The number of benzene rings is 2. The largest absolute Gasteiger partial charge is 0.435 e. The summed E-state index contributed by atoms with van der Waals surface area (Å²) in [5.74, 6) is -0.378. The van der Waals surface area contributed by atoms with E-state index in [1.54, 1.807) is 24.3 Å². The van der Waals surface area contributed by atoms with Crippen molar-refractivity contribution in [3.05, 3.63) is 71.8 Å². The van der Waals surface area contributed by atoms with Crippen LogP contribution in [0.4, 0.5) is 0 Å². The molecule has 1 heterocycles. The Morgan fingerprint density at radius 2 is 1.68 bits per heavy atom. The second-order valence-corrected chi connectivity index (χ2v) is 9.14. The zero-order valence-electron chi connectivity index (χ0n) is 15.5. The SMILES string of the molecule is CC1(C)COP(=O)(NC(=S)NNC(=O)c2ccccc2)O[C@H]1c1ccccc1. The number of rotatable bonds is 3. The topological polar surface area (TPSA) is 88.7 Å². The third-order valence-corrected chi connectivity index (χ3v) is 6.04. The van der Waals surface area contributed by atoms with Crippen LogP contribution in [0.25, 0.3) is 0 Å². The van der Waals surface area contributed by atoms with E-state index in [1.165, 1.54) is 0 Å². The lowest BCUT2D eigenvalue weighted by molar-refractivity contribution is -0.0285. The number of amides is 1. The monoisotopic (exact) mass is 419 g/mol. The Labute approximate surface area is 169 Å². The van der Waals surface area contributed by atoms with Crippen LogP contribution in [0.5, 0.6) is 0 Å². The van der Waals surface area contributed by atoms with E-state index in [9.17, 15) is 9.36 Å². The zero-order chi connectivity index (χ0) is 20.2. The molecular formula is C19H22N3O4PS. The molecule has 2 atom stereocenters. The highest BCUT2D eigenvalue weighted by Crippen LogP contribution is 2.58. The lowest BCUT2D eigenvalue weighted by Crippen LogP contribution is -2.47. The predicted octanol–water partition coefficient (Wildman–Crippen LogP) is 3.72. The average Bonchev–Trinajstić information content (AvgIpc) is 2.69. The van der Waals surface area contributed by atoms with Gasteiger partial charge in [-0.25, -0.2) is 4.57 Å². The molecule has 1 amide bonds. The van der Waals surface area contributed by atoms with Crippen LogP contribution in [0.3, 0.4) is 0 Å². The van der Waals surface area contributed by atoms with E-state index >= 15 is 0 Å². The van der Waals surface area contributed by atoms with Gasteiger partial charge < -0.3 is 0 Å². The minimum atomic E-state index is -3.71. The van der Waals surface area contributed by atoms with Gasteiger partial charge >= 0.3 is 7.75 Å². The van der Waals surface area contributed by atoms with E-state index in [1.807, 2.05) is 50.2 Å². The number of thiocarbonyl (C=S) groups is 1. The first kappa shape index (κ1) is 20.5. The fourth-order valence-electron chi connectivity index (χ4n) is 2.76. The van der Waals surface area contributed by atoms with Crippen LogP contribution < -0.4 is 15.9 Å². The summed E-state index contributed by atoms with van der Waals surface area (Å²) in [6.45, 7) is 4.17. The van der Waals surface area contributed by atoms with Gasteiger partial charge in [0.25, 0.3) is 5.91 Å². The highest BCUT2D eigenvalue weighted by atomic mass is 32.1. The minimum Gasteiger partial charge on any atom is -0.292 e. The Bertz CT molecular complexity index is 893. The van der Waals surface area contributed by atoms with Gasteiger partial charge in [0.2, 0.25) is 0 Å². The molecule has 3 rings (SSSR count). The number of hydrazine groups is 1. The first-order chi connectivity index (χ1) is 13.3. The molecule has 2 aromatic rings. The van der Waals surface area contributed by atoms with Crippen LogP contribution in [-0.4, -0.2) is 17.6 Å². The third kappa shape index (κ3) is 4.97. The normalized spacial score (nSPS) is 23.4. The molecule has 1 saturated heterocycles.